The standard InChI is InChI=1S/C24H24N6O2S/c31-23(28-15-22-29-17-10-12-25-14-20(17)33-22)19-8-9-21-27-13-18(24(32)30(19)21)26-11-4-7-16-5-2-1-3-6-16/h1-3,5-6,10,12-14,19,26H,4,7-9,11,15H2,(H,28,31)/t19-/m0/s1. The summed E-state index contributed by atoms with van der Waals surface area (Å²) in [4.78, 5) is 39.1. The second-order valence-electron chi connectivity index (χ2n) is 8.00. The van der Waals surface area contributed by atoms with Crippen molar-refractivity contribution in [2.45, 2.75) is 38.3 Å². The Morgan fingerprint density at radius 1 is 1.18 bits per heavy atom. The number of anilines is 1. The van der Waals surface area contributed by atoms with Crippen molar-refractivity contribution in [2.75, 3.05) is 11.9 Å². The fraction of sp³-hybridized carbons (Fsp3) is 0.292. The van der Waals surface area contributed by atoms with Gasteiger partial charge in [-0.1, -0.05) is 30.3 Å². The molecule has 0 spiro atoms. The second-order valence-corrected chi connectivity index (χ2v) is 9.12. The molecule has 8 nitrogen and oxygen atoms in total. The first-order valence-corrected chi connectivity index (χ1v) is 11.9. The monoisotopic (exact) mass is 460 g/mol. The average molecular weight is 461 g/mol. The summed E-state index contributed by atoms with van der Waals surface area (Å²) in [5.41, 5.74) is 2.38. The van der Waals surface area contributed by atoms with Gasteiger partial charge in [-0.25, -0.2) is 9.97 Å². The van der Waals surface area contributed by atoms with Crippen molar-refractivity contribution in [1.29, 1.82) is 0 Å². The third-order valence-corrected chi connectivity index (χ3v) is 6.78. The average Bonchev–Trinajstić information content (AvgIpc) is 3.46. The van der Waals surface area contributed by atoms with Crippen molar-refractivity contribution in [2.24, 2.45) is 0 Å². The van der Waals surface area contributed by atoms with Crippen LogP contribution in [-0.4, -0.2) is 32.0 Å². The Morgan fingerprint density at radius 3 is 2.91 bits per heavy atom. The molecule has 1 aromatic carbocycles. The Balaban J connectivity index is 1.22. The van der Waals surface area contributed by atoms with Gasteiger partial charge in [0, 0.05) is 25.4 Å². The highest BCUT2D eigenvalue weighted by molar-refractivity contribution is 7.18. The van der Waals surface area contributed by atoms with Crippen LogP contribution in [0, 0.1) is 0 Å². The van der Waals surface area contributed by atoms with E-state index in [9.17, 15) is 9.59 Å². The molecule has 4 heterocycles. The van der Waals surface area contributed by atoms with Gasteiger partial charge in [0.1, 0.15) is 22.6 Å². The molecule has 2 N–H and O–H groups in total. The number of aromatic nitrogens is 4. The molecule has 33 heavy (non-hydrogen) atoms. The van der Waals surface area contributed by atoms with Crippen LogP contribution < -0.4 is 16.2 Å². The Labute approximate surface area is 194 Å². The summed E-state index contributed by atoms with van der Waals surface area (Å²) in [5.74, 6) is 0.470. The van der Waals surface area contributed by atoms with Gasteiger partial charge in [0.2, 0.25) is 5.91 Å². The van der Waals surface area contributed by atoms with Crippen molar-refractivity contribution in [1.82, 2.24) is 24.8 Å². The quantitative estimate of drug-likeness (QED) is 0.392. The number of carbonyl (C=O) groups excluding carboxylic acids is 1. The van der Waals surface area contributed by atoms with E-state index in [1.807, 2.05) is 24.3 Å². The van der Waals surface area contributed by atoms with E-state index in [1.54, 1.807) is 18.6 Å². The minimum Gasteiger partial charge on any atom is -0.379 e. The van der Waals surface area contributed by atoms with Gasteiger partial charge in [0.05, 0.1) is 23.0 Å². The smallest absolute Gasteiger partial charge is 0.277 e. The summed E-state index contributed by atoms with van der Waals surface area (Å²) in [6.07, 6.45) is 8.06. The van der Waals surface area contributed by atoms with Crippen molar-refractivity contribution in [3.63, 3.8) is 0 Å². The second kappa shape index (κ2) is 9.50. The summed E-state index contributed by atoms with van der Waals surface area (Å²) in [7, 11) is 0. The summed E-state index contributed by atoms with van der Waals surface area (Å²) in [6, 6.07) is 11.5. The predicted molar refractivity (Wildman–Crippen MR) is 128 cm³/mol. The van der Waals surface area contributed by atoms with Gasteiger partial charge in [-0.3, -0.25) is 19.1 Å². The molecule has 0 radical (unpaired) electrons. The van der Waals surface area contributed by atoms with Gasteiger partial charge in [-0.15, -0.1) is 11.3 Å². The van der Waals surface area contributed by atoms with Crippen molar-refractivity contribution >= 4 is 33.1 Å². The molecule has 0 unspecified atom stereocenters. The summed E-state index contributed by atoms with van der Waals surface area (Å²) < 4.78 is 2.52. The number of amides is 1. The molecule has 4 aromatic rings. The van der Waals surface area contributed by atoms with Gasteiger partial charge in [0.25, 0.3) is 5.56 Å². The number of carbonyl (C=O) groups is 1. The number of aryl methyl sites for hydroxylation is 2. The number of rotatable bonds is 8. The third kappa shape index (κ3) is 4.63. The SMILES string of the molecule is O=C(NCc1nc2ccncc2s1)[C@@H]1CCc2ncc(NCCCc3ccccc3)c(=O)n21. The zero-order valence-corrected chi connectivity index (χ0v) is 18.8. The maximum absolute atomic E-state index is 13.1. The Kier molecular flexibility index (Phi) is 6.12. The largest absolute Gasteiger partial charge is 0.379 e. The lowest BCUT2D eigenvalue weighted by molar-refractivity contribution is -0.124. The molecule has 1 aliphatic heterocycles. The Hall–Kier alpha value is -3.59. The Morgan fingerprint density at radius 2 is 2.06 bits per heavy atom. The van der Waals surface area contributed by atoms with E-state index < -0.39 is 6.04 Å². The number of benzene rings is 1. The van der Waals surface area contributed by atoms with Crippen LogP contribution in [0.3, 0.4) is 0 Å². The Bertz CT molecular complexity index is 1300. The molecule has 0 fully saturated rings. The van der Waals surface area contributed by atoms with Crippen LogP contribution in [0.1, 0.15) is 35.3 Å². The lowest BCUT2D eigenvalue weighted by Crippen LogP contribution is -2.36. The maximum atomic E-state index is 13.1. The highest BCUT2D eigenvalue weighted by Crippen LogP contribution is 2.24. The van der Waals surface area contributed by atoms with E-state index >= 15 is 0 Å². The molecular formula is C24H24N6O2S. The topological polar surface area (TPSA) is 102 Å². The molecule has 9 heteroatoms. The first-order chi connectivity index (χ1) is 16.2. The molecule has 168 valence electrons. The van der Waals surface area contributed by atoms with Gasteiger partial charge in [-0.2, -0.15) is 0 Å². The minimum atomic E-state index is -0.554. The van der Waals surface area contributed by atoms with E-state index in [4.69, 9.17) is 0 Å². The molecule has 1 aliphatic rings. The molecule has 1 atom stereocenters. The molecule has 5 rings (SSSR count). The van der Waals surface area contributed by atoms with E-state index in [0.29, 0.717) is 37.4 Å². The van der Waals surface area contributed by atoms with Gasteiger partial charge < -0.3 is 10.6 Å². The van der Waals surface area contributed by atoms with E-state index in [2.05, 4.69) is 37.7 Å². The van der Waals surface area contributed by atoms with Crippen LogP contribution in [0.4, 0.5) is 5.69 Å². The number of nitrogens with zero attached hydrogens (tertiary/aromatic N) is 4. The molecule has 1 amide bonds. The normalized spacial score (nSPS) is 14.8. The lowest BCUT2D eigenvalue weighted by atomic mass is 10.1. The number of nitrogens with one attached hydrogen (secondary N) is 2. The van der Waals surface area contributed by atoms with E-state index in [0.717, 1.165) is 28.1 Å². The zero-order valence-electron chi connectivity index (χ0n) is 18.0. The first-order valence-electron chi connectivity index (χ1n) is 11.0. The van der Waals surface area contributed by atoms with Crippen LogP contribution in [0.2, 0.25) is 0 Å². The fourth-order valence-corrected chi connectivity index (χ4v) is 4.99. The molecular weight excluding hydrogens is 436 g/mol. The van der Waals surface area contributed by atoms with Crippen LogP contribution >= 0.6 is 11.3 Å². The number of fused-ring (bicyclic) bond motifs is 2. The van der Waals surface area contributed by atoms with E-state index in [1.165, 1.54) is 21.5 Å². The third-order valence-electron chi connectivity index (χ3n) is 5.78. The first kappa shape index (κ1) is 21.3. The lowest BCUT2D eigenvalue weighted by Gasteiger charge is -2.15. The van der Waals surface area contributed by atoms with Crippen molar-refractivity contribution < 1.29 is 4.79 Å². The maximum Gasteiger partial charge on any atom is 0.277 e. The van der Waals surface area contributed by atoms with Gasteiger partial charge >= 0.3 is 0 Å². The van der Waals surface area contributed by atoms with Crippen LogP contribution in [0.5, 0.6) is 0 Å². The summed E-state index contributed by atoms with van der Waals surface area (Å²) >= 11 is 1.50. The van der Waals surface area contributed by atoms with Crippen LogP contribution in [0.25, 0.3) is 10.2 Å². The van der Waals surface area contributed by atoms with Crippen molar-refractivity contribution in [3.05, 3.63) is 81.7 Å². The van der Waals surface area contributed by atoms with Gasteiger partial charge in [0.15, 0.2) is 0 Å². The van der Waals surface area contributed by atoms with Crippen molar-refractivity contribution in [3.8, 4) is 0 Å². The molecule has 3 aromatic heterocycles. The fourth-order valence-electron chi connectivity index (χ4n) is 4.12. The number of thiazole rings is 1. The molecule has 0 saturated carbocycles. The highest BCUT2D eigenvalue weighted by Gasteiger charge is 2.31. The zero-order chi connectivity index (χ0) is 22.6. The highest BCUT2D eigenvalue weighted by atomic mass is 32.1. The molecule has 0 bridgehead atoms. The predicted octanol–water partition coefficient (Wildman–Crippen LogP) is 3.10. The van der Waals surface area contributed by atoms with Gasteiger partial charge in [-0.05, 0) is 30.9 Å². The van der Waals surface area contributed by atoms with Crippen LogP contribution in [-0.2, 0) is 24.2 Å². The number of hydrogen-bond donors (Lipinski definition) is 2. The molecule has 0 saturated heterocycles. The van der Waals surface area contributed by atoms with E-state index in [-0.39, 0.29) is 11.5 Å². The number of hydrogen-bond acceptors (Lipinski definition) is 7. The molecule has 0 aliphatic carbocycles. The number of pyridine rings is 1. The summed E-state index contributed by atoms with van der Waals surface area (Å²) in [5, 5.41) is 6.95. The minimum absolute atomic E-state index is 0.184. The van der Waals surface area contributed by atoms with Crippen LogP contribution in [0.15, 0.2) is 59.8 Å². The summed E-state index contributed by atoms with van der Waals surface area (Å²) in [6.45, 7) is 0.984.